The minimum Gasteiger partial charge on any atom is -0.375 e. The topological polar surface area (TPSA) is 98.5 Å². The Bertz CT molecular complexity index is 530. The van der Waals surface area contributed by atoms with Gasteiger partial charge in [-0.15, -0.1) is 0 Å². The van der Waals surface area contributed by atoms with Crippen molar-refractivity contribution in [1.29, 1.82) is 0 Å². The molecule has 0 heterocycles. The quantitative estimate of drug-likeness (QED) is 0.851. The smallest absolute Gasteiger partial charge is 0.250 e. The molecule has 0 unspecified atom stereocenters. The lowest BCUT2D eigenvalue weighted by Crippen LogP contribution is -2.18. The third-order valence-corrected chi connectivity index (χ3v) is 3.39. The normalized spacial score (nSPS) is 11.2. The first-order chi connectivity index (χ1) is 7.84. The molecule has 3 N–H and O–H groups in total. The molecule has 0 bridgehead atoms. The highest BCUT2D eigenvalue weighted by Crippen LogP contribution is 2.25. The molecule has 0 saturated carbocycles. The number of carbonyl (C=O) groups excluding carboxylic acids is 1. The summed E-state index contributed by atoms with van der Waals surface area (Å²) in [4.78, 5) is 11.2. The van der Waals surface area contributed by atoms with Crippen molar-refractivity contribution < 1.29 is 17.9 Å². The number of rotatable bonds is 4. The van der Waals surface area contributed by atoms with E-state index in [1.54, 1.807) is 0 Å². The molecule has 0 aliphatic rings. The van der Waals surface area contributed by atoms with Crippen LogP contribution in [0.3, 0.4) is 0 Å². The molecule has 8 heteroatoms. The van der Waals surface area contributed by atoms with Crippen LogP contribution in [0.2, 0.25) is 0 Å². The lowest BCUT2D eigenvalue weighted by Gasteiger charge is -2.08. The van der Waals surface area contributed by atoms with Gasteiger partial charge in [-0.05, 0) is 34.1 Å². The molecule has 0 saturated heterocycles. The third kappa shape index (κ3) is 4.08. The molecule has 0 aromatic heterocycles. The number of benzene rings is 1. The Morgan fingerprint density at radius 3 is 2.65 bits per heavy atom. The zero-order valence-electron chi connectivity index (χ0n) is 8.94. The van der Waals surface area contributed by atoms with Crippen LogP contribution in [0.5, 0.6) is 0 Å². The van der Waals surface area contributed by atoms with Gasteiger partial charge < -0.3 is 10.1 Å². The van der Waals surface area contributed by atoms with Gasteiger partial charge in [-0.1, -0.05) is 0 Å². The van der Waals surface area contributed by atoms with Crippen LogP contribution in [0.1, 0.15) is 0 Å². The van der Waals surface area contributed by atoms with Crippen molar-refractivity contribution >= 4 is 37.5 Å². The maximum atomic E-state index is 11.2. The largest absolute Gasteiger partial charge is 0.375 e. The van der Waals surface area contributed by atoms with E-state index in [9.17, 15) is 13.2 Å². The molecule has 0 aliphatic carbocycles. The molecule has 1 amide bonds. The highest BCUT2D eigenvalue weighted by atomic mass is 79.9. The van der Waals surface area contributed by atoms with Crippen molar-refractivity contribution in [3.8, 4) is 0 Å². The molecule has 6 nitrogen and oxygen atoms in total. The van der Waals surface area contributed by atoms with Crippen LogP contribution in [0.25, 0.3) is 0 Å². The minimum atomic E-state index is -3.75. The number of hydrogen-bond donors (Lipinski definition) is 2. The predicted octanol–water partition coefficient (Wildman–Crippen LogP) is 0.681. The summed E-state index contributed by atoms with van der Waals surface area (Å²) in [6.45, 7) is -0.0800. The van der Waals surface area contributed by atoms with Crippen LogP contribution in [-0.2, 0) is 19.6 Å². The Balaban J connectivity index is 2.95. The number of nitrogens with two attached hydrogens (primary N) is 1. The van der Waals surface area contributed by atoms with Crippen molar-refractivity contribution in [2.75, 3.05) is 19.0 Å². The summed E-state index contributed by atoms with van der Waals surface area (Å²) in [5, 5.41) is 7.51. The number of hydrogen-bond acceptors (Lipinski definition) is 4. The fourth-order valence-corrected chi connectivity index (χ4v) is 2.26. The highest BCUT2D eigenvalue weighted by molar-refractivity contribution is 9.10. The second kappa shape index (κ2) is 5.58. The van der Waals surface area contributed by atoms with Crippen molar-refractivity contribution in [1.82, 2.24) is 0 Å². The summed E-state index contributed by atoms with van der Waals surface area (Å²) in [5.41, 5.74) is 0.444. The van der Waals surface area contributed by atoms with Gasteiger partial charge in [0, 0.05) is 11.6 Å². The van der Waals surface area contributed by atoms with Gasteiger partial charge in [-0.2, -0.15) is 0 Å². The van der Waals surface area contributed by atoms with Crippen LogP contribution < -0.4 is 10.5 Å². The summed E-state index contributed by atoms with van der Waals surface area (Å²) < 4.78 is 27.2. The maximum absolute atomic E-state index is 11.2. The number of methoxy groups -OCH3 is 1. The molecule has 1 aromatic rings. The molecular weight excluding hydrogens is 312 g/mol. The summed E-state index contributed by atoms with van der Waals surface area (Å²) in [6.07, 6.45) is 0. The number of carbonyl (C=O) groups is 1. The van der Waals surface area contributed by atoms with Crippen LogP contribution >= 0.6 is 15.9 Å². The zero-order valence-corrected chi connectivity index (χ0v) is 11.3. The molecule has 17 heavy (non-hydrogen) atoms. The maximum Gasteiger partial charge on any atom is 0.250 e. The van der Waals surface area contributed by atoms with E-state index in [1.165, 1.54) is 25.3 Å². The van der Waals surface area contributed by atoms with E-state index in [1.807, 2.05) is 0 Å². The number of halogens is 1. The second-order valence-electron chi connectivity index (χ2n) is 3.17. The van der Waals surface area contributed by atoms with Gasteiger partial charge in [0.15, 0.2) is 0 Å². The van der Waals surface area contributed by atoms with Gasteiger partial charge in [-0.3, -0.25) is 4.79 Å². The summed E-state index contributed by atoms with van der Waals surface area (Å²) in [6, 6.07) is 4.07. The van der Waals surface area contributed by atoms with Crippen molar-refractivity contribution in [2.45, 2.75) is 4.90 Å². The van der Waals surface area contributed by atoms with Gasteiger partial charge in [-0.25, -0.2) is 13.6 Å². The van der Waals surface area contributed by atoms with E-state index in [2.05, 4.69) is 26.0 Å². The molecular formula is C9H11BrN2O4S. The van der Waals surface area contributed by atoms with Gasteiger partial charge in [0.05, 0.1) is 10.6 Å². The minimum absolute atomic E-state index is 0.0332. The number of amides is 1. The number of ether oxygens (including phenoxy) is 1. The molecule has 1 rings (SSSR count). The van der Waals surface area contributed by atoms with Gasteiger partial charge in [0.1, 0.15) is 6.61 Å². The molecule has 94 valence electrons. The second-order valence-corrected chi connectivity index (χ2v) is 5.58. The highest BCUT2D eigenvalue weighted by Gasteiger charge is 2.11. The predicted molar refractivity (Wildman–Crippen MR) is 66.0 cm³/mol. The summed E-state index contributed by atoms with van der Waals surface area (Å²) in [7, 11) is -2.35. The standard InChI is InChI=1S/C9H11BrN2O4S/c1-16-5-9(13)12-8-3-2-6(4-7(8)10)17(11,14)15/h2-4H,5H2,1H3,(H,12,13)(H2,11,14,15). The lowest BCUT2D eigenvalue weighted by molar-refractivity contribution is -0.119. The lowest BCUT2D eigenvalue weighted by atomic mass is 10.3. The van der Waals surface area contributed by atoms with Gasteiger partial charge in [0.25, 0.3) is 0 Å². The Labute approximate surface area is 107 Å². The van der Waals surface area contributed by atoms with Crippen LogP contribution in [-0.4, -0.2) is 28.0 Å². The van der Waals surface area contributed by atoms with Crippen molar-refractivity contribution in [3.63, 3.8) is 0 Å². The monoisotopic (exact) mass is 322 g/mol. The van der Waals surface area contributed by atoms with Crippen molar-refractivity contribution in [3.05, 3.63) is 22.7 Å². The molecule has 1 aromatic carbocycles. The fraction of sp³-hybridized carbons (Fsp3) is 0.222. The Hall–Kier alpha value is -0.960. The van der Waals surface area contributed by atoms with E-state index < -0.39 is 10.0 Å². The number of primary sulfonamides is 1. The Morgan fingerprint density at radius 1 is 1.53 bits per heavy atom. The van der Waals surface area contributed by atoms with Gasteiger partial charge in [0.2, 0.25) is 15.9 Å². The number of sulfonamides is 1. The zero-order chi connectivity index (χ0) is 13.1. The molecule has 0 fully saturated rings. The van der Waals surface area contributed by atoms with Gasteiger partial charge >= 0.3 is 0 Å². The van der Waals surface area contributed by atoms with Crippen molar-refractivity contribution in [2.24, 2.45) is 5.14 Å². The Morgan fingerprint density at radius 2 is 2.18 bits per heavy atom. The third-order valence-electron chi connectivity index (χ3n) is 1.82. The molecule has 0 spiro atoms. The van der Waals surface area contributed by atoms with E-state index in [-0.39, 0.29) is 17.4 Å². The average molecular weight is 323 g/mol. The first kappa shape index (κ1) is 14.1. The first-order valence-corrected chi connectivity index (χ1v) is 6.79. The van der Waals surface area contributed by atoms with E-state index in [0.29, 0.717) is 10.2 Å². The first-order valence-electron chi connectivity index (χ1n) is 4.45. The van der Waals surface area contributed by atoms with E-state index >= 15 is 0 Å². The van der Waals surface area contributed by atoms with Crippen LogP contribution in [0.15, 0.2) is 27.6 Å². The molecule has 0 radical (unpaired) electrons. The van der Waals surface area contributed by atoms with Crippen LogP contribution in [0.4, 0.5) is 5.69 Å². The van der Waals surface area contributed by atoms with E-state index in [0.717, 1.165) is 0 Å². The molecule has 0 atom stereocenters. The summed E-state index contributed by atoms with van der Waals surface area (Å²) >= 11 is 3.14. The fourth-order valence-electron chi connectivity index (χ4n) is 1.09. The number of anilines is 1. The number of nitrogens with one attached hydrogen (secondary N) is 1. The Kier molecular flexibility index (Phi) is 4.63. The summed E-state index contributed by atoms with van der Waals surface area (Å²) in [5.74, 6) is -0.337. The van der Waals surface area contributed by atoms with Crippen LogP contribution in [0, 0.1) is 0 Å². The van der Waals surface area contributed by atoms with E-state index in [4.69, 9.17) is 5.14 Å². The SMILES string of the molecule is COCC(=O)Nc1ccc(S(N)(=O)=O)cc1Br. The molecule has 0 aliphatic heterocycles. The average Bonchev–Trinajstić information content (AvgIpc) is 2.20.